The maximum atomic E-state index is 13.3. The number of para-hydroxylation sites is 1. The molecule has 0 saturated carbocycles. The van der Waals surface area contributed by atoms with Gasteiger partial charge in [0.1, 0.15) is 5.82 Å². The van der Waals surface area contributed by atoms with Gasteiger partial charge in [-0.2, -0.15) is 0 Å². The Bertz CT molecular complexity index is 1150. The zero-order valence-electron chi connectivity index (χ0n) is 18.9. The fourth-order valence-electron chi connectivity index (χ4n) is 4.08. The van der Waals surface area contributed by atoms with Crippen LogP contribution in [0.25, 0.3) is 0 Å². The highest BCUT2D eigenvalue weighted by Gasteiger charge is 2.26. The molecule has 0 radical (unpaired) electrons. The van der Waals surface area contributed by atoms with Gasteiger partial charge in [-0.3, -0.25) is 9.59 Å². The minimum Gasteiger partial charge on any atom is -0.355 e. The number of nitrogens with zero attached hydrogens (tertiary/aromatic N) is 1. The summed E-state index contributed by atoms with van der Waals surface area (Å²) in [4.78, 5) is 27.6. The monoisotopic (exact) mass is 445 g/mol. The topological polar surface area (TPSA) is 61.4 Å². The van der Waals surface area contributed by atoms with Gasteiger partial charge >= 0.3 is 0 Å². The first kappa shape index (κ1) is 22.5. The first-order chi connectivity index (χ1) is 15.9. The van der Waals surface area contributed by atoms with Crippen LogP contribution in [0.15, 0.2) is 66.7 Å². The molecule has 6 heteroatoms. The lowest BCUT2D eigenvalue weighted by Crippen LogP contribution is -2.46. The number of nitrogens with one attached hydrogen (secondary N) is 2. The Hall–Kier alpha value is -3.67. The van der Waals surface area contributed by atoms with Crippen LogP contribution in [-0.4, -0.2) is 35.8 Å². The Morgan fingerprint density at radius 2 is 1.55 bits per heavy atom. The second kappa shape index (κ2) is 9.86. The van der Waals surface area contributed by atoms with Crippen molar-refractivity contribution in [1.82, 2.24) is 10.2 Å². The zero-order valence-corrected chi connectivity index (χ0v) is 18.9. The molecule has 3 aromatic carbocycles. The highest BCUT2D eigenvalue weighted by Crippen LogP contribution is 2.27. The molecule has 0 unspecified atom stereocenters. The molecule has 0 aromatic heterocycles. The van der Waals surface area contributed by atoms with E-state index in [-0.39, 0.29) is 23.7 Å². The van der Waals surface area contributed by atoms with E-state index in [4.69, 9.17) is 0 Å². The second-order valence-electron chi connectivity index (χ2n) is 8.46. The van der Waals surface area contributed by atoms with Crippen LogP contribution in [0.2, 0.25) is 0 Å². The predicted octanol–water partition coefficient (Wildman–Crippen LogP) is 5.22. The normalized spacial score (nSPS) is 14.1. The fourth-order valence-corrected chi connectivity index (χ4v) is 4.08. The van der Waals surface area contributed by atoms with Gasteiger partial charge in [0.05, 0.1) is 11.3 Å². The summed E-state index contributed by atoms with van der Waals surface area (Å²) in [5.74, 6) is -0.611. The number of aryl methyl sites for hydroxylation is 1. The Balaban J connectivity index is 1.39. The number of carbonyl (C=O) groups is 2. The number of hydrogen-bond acceptors (Lipinski definition) is 3. The van der Waals surface area contributed by atoms with Crippen molar-refractivity contribution < 1.29 is 14.0 Å². The lowest BCUT2D eigenvalue weighted by Gasteiger charge is -2.33. The van der Waals surface area contributed by atoms with Gasteiger partial charge in [0.25, 0.3) is 11.8 Å². The lowest BCUT2D eigenvalue weighted by molar-refractivity contribution is 0.0699. The quantitative estimate of drug-likeness (QED) is 0.566. The summed E-state index contributed by atoms with van der Waals surface area (Å²) in [6.07, 6.45) is 1.34. The average molecular weight is 446 g/mol. The highest BCUT2D eigenvalue weighted by molar-refractivity contribution is 6.00. The Kier molecular flexibility index (Phi) is 6.73. The summed E-state index contributed by atoms with van der Waals surface area (Å²) >= 11 is 0. The minimum atomic E-state index is -0.370. The molecule has 1 aliphatic rings. The predicted molar refractivity (Wildman–Crippen MR) is 128 cm³/mol. The summed E-state index contributed by atoms with van der Waals surface area (Å²) in [6.45, 7) is 5.25. The molecule has 1 heterocycles. The number of anilines is 2. The molecule has 0 atom stereocenters. The highest BCUT2D eigenvalue weighted by atomic mass is 19.1. The fraction of sp³-hybridized carbons (Fsp3) is 0.259. The van der Waals surface area contributed by atoms with Crippen LogP contribution in [0.3, 0.4) is 0 Å². The van der Waals surface area contributed by atoms with E-state index in [1.54, 1.807) is 0 Å². The number of carbonyl (C=O) groups excluding carboxylic acids is 2. The molecule has 1 saturated heterocycles. The maximum absolute atomic E-state index is 13.3. The van der Waals surface area contributed by atoms with Gasteiger partial charge in [0, 0.05) is 30.4 Å². The van der Waals surface area contributed by atoms with Crippen molar-refractivity contribution in [2.75, 3.05) is 18.4 Å². The number of hydrogen-bond donors (Lipinski definition) is 2. The van der Waals surface area contributed by atoms with Crippen molar-refractivity contribution in [3.63, 3.8) is 0 Å². The molecular formula is C27H28FN3O2. The summed E-state index contributed by atoms with van der Waals surface area (Å²) < 4.78 is 13.1. The third kappa shape index (κ3) is 5.22. The summed E-state index contributed by atoms with van der Waals surface area (Å²) in [6, 6.07) is 19.1. The molecule has 170 valence electrons. The molecule has 1 fully saturated rings. The van der Waals surface area contributed by atoms with Gasteiger partial charge < -0.3 is 15.5 Å². The summed E-state index contributed by atoms with van der Waals surface area (Å²) in [7, 11) is 0. The molecule has 1 aliphatic heterocycles. The SMILES string of the molecule is Cc1cccc(Nc2ccccc2C(=O)N2CCC(NC(=O)c3ccc(F)cc3)CC2)c1C. The third-order valence-electron chi connectivity index (χ3n) is 6.26. The van der Waals surface area contributed by atoms with Crippen LogP contribution < -0.4 is 10.6 Å². The summed E-state index contributed by atoms with van der Waals surface area (Å²) in [5.41, 5.74) is 5.17. The second-order valence-corrected chi connectivity index (χ2v) is 8.46. The lowest BCUT2D eigenvalue weighted by atomic mass is 10.0. The van der Waals surface area contributed by atoms with E-state index in [1.165, 1.54) is 29.8 Å². The number of rotatable bonds is 5. The van der Waals surface area contributed by atoms with Crippen molar-refractivity contribution in [1.29, 1.82) is 0 Å². The molecule has 0 aliphatic carbocycles. The van der Waals surface area contributed by atoms with Crippen LogP contribution in [0.5, 0.6) is 0 Å². The van der Waals surface area contributed by atoms with Crippen LogP contribution in [0.1, 0.15) is 44.7 Å². The van der Waals surface area contributed by atoms with Gasteiger partial charge in [-0.05, 0) is 80.3 Å². The minimum absolute atomic E-state index is 0.0186. The van der Waals surface area contributed by atoms with Crippen LogP contribution in [-0.2, 0) is 0 Å². The number of halogens is 1. The van der Waals surface area contributed by atoms with Gasteiger partial charge in [0.15, 0.2) is 0 Å². The molecule has 0 spiro atoms. The van der Waals surface area contributed by atoms with Crippen LogP contribution in [0, 0.1) is 19.7 Å². The molecule has 3 aromatic rings. The number of piperidine rings is 1. The van der Waals surface area contributed by atoms with Gasteiger partial charge in [0.2, 0.25) is 0 Å². The molecule has 2 N–H and O–H groups in total. The molecule has 2 amide bonds. The summed E-state index contributed by atoms with van der Waals surface area (Å²) in [5, 5.41) is 6.43. The Morgan fingerprint density at radius 1 is 0.879 bits per heavy atom. The van der Waals surface area contributed by atoms with E-state index in [1.807, 2.05) is 41.3 Å². The molecule has 0 bridgehead atoms. The third-order valence-corrected chi connectivity index (χ3v) is 6.26. The number of benzene rings is 3. The first-order valence-corrected chi connectivity index (χ1v) is 11.2. The first-order valence-electron chi connectivity index (χ1n) is 11.2. The van der Waals surface area contributed by atoms with Gasteiger partial charge in [-0.25, -0.2) is 4.39 Å². The van der Waals surface area contributed by atoms with Crippen molar-refractivity contribution in [2.24, 2.45) is 0 Å². The van der Waals surface area contributed by atoms with E-state index in [0.717, 1.165) is 16.9 Å². The van der Waals surface area contributed by atoms with E-state index < -0.39 is 0 Å². The molecule has 5 nitrogen and oxygen atoms in total. The van der Waals surface area contributed by atoms with Crippen molar-refractivity contribution >= 4 is 23.2 Å². The number of likely N-dealkylation sites (tertiary alicyclic amines) is 1. The molecular weight excluding hydrogens is 417 g/mol. The van der Waals surface area contributed by atoms with Crippen LogP contribution in [0.4, 0.5) is 15.8 Å². The maximum Gasteiger partial charge on any atom is 0.255 e. The van der Waals surface area contributed by atoms with E-state index >= 15 is 0 Å². The van der Waals surface area contributed by atoms with Crippen molar-refractivity contribution in [3.05, 3.63) is 94.8 Å². The van der Waals surface area contributed by atoms with E-state index in [2.05, 4.69) is 30.5 Å². The standard InChI is InChI=1S/C27H28FN3O2/c1-18-6-5-9-24(19(18)2)30-25-8-4-3-7-23(25)27(33)31-16-14-22(15-17-31)29-26(32)20-10-12-21(28)13-11-20/h3-13,22,30H,14-17H2,1-2H3,(H,29,32). The smallest absolute Gasteiger partial charge is 0.255 e. The van der Waals surface area contributed by atoms with Gasteiger partial charge in [-0.15, -0.1) is 0 Å². The Morgan fingerprint density at radius 3 is 2.27 bits per heavy atom. The van der Waals surface area contributed by atoms with Crippen molar-refractivity contribution in [2.45, 2.75) is 32.7 Å². The van der Waals surface area contributed by atoms with Crippen molar-refractivity contribution in [3.8, 4) is 0 Å². The molecule has 33 heavy (non-hydrogen) atoms. The number of amides is 2. The zero-order chi connectivity index (χ0) is 23.4. The average Bonchev–Trinajstić information content (AvgIpc) is 2.83. The van der Waals surface area contributed by atoms with E-state index in [9.17, 15) is 14.0 Å². The van der Waals surface area contributed by atoms with E-state index in [0.29, 0.717) is 37.1 Å². The van der Waals surface area contributed by atoms with Gasteiger partial charge in [-0.1, -0.05) is 24.3 Å². The Labute approximate surface area is 193 Å². The molecule has 4 rings (SSSR count). The largest absolute Gasteiger partial charge is 0.355 e. The van der Waals surface area contributed by atoms with Crippen LogP contribution >= 0.6 is 0 Å².